The van der Waals surface area contributed by atoms with E-state index < -0.39 is 0 Å². The molecule has 5 heteroatoms. The highest BCUT2D eigenvalue weighted by Crippen LogP contribution is 2.34. The van der Waals surface area contributed by atoms with Crippen molar-refractivity contribution < 1.29 is 9.26 Å². The number of halogens is 1. The number of hydrogen-bond acceptors (Lipinski definition) is 4. The zero-order valence-electron chi connectivity index (χ0n) is 8.03. The van der Waals surface area contributed by atoms with Gasteiger partial charge in [-0.25, -0.2) is 0 Å². The molecule has 15 heavy (non-hydrogen) atoms. The van der Waals surface area contributed by atoms with Crippen molar-refractivity contribution >= 4 is 21.6 Å². The van der Waals surface area contributed by atoms with Crippen LogP contribution < -0.4 is 10.5 Å². The highest BCUT2D eigenvalue weighted by Gasteiger charge is 2.12. The van der Waals surface area contributed by atoms with Gasteiger partial charge in [-0.15, -0.1) is 0 Å². The number of rotatable bonds is 2. The van der Waals surface area contributed by atoms with Crippen molar-refractivity contribution in [3.63, 3.8) is 0 Å². The number of methoxy groups -OCH3 is 1. The van der Waals surface area contributed by atoms with Crippen molar-refractivity contribution in [3.8, 4) is 17.1 Å². The molecule has 2 N–H and O–H groups in total. The van der Waals surface area contributed by atoms with E-state index in [-0.39, 0.29) is 0 Å². The summed E-state index contributed by atoms with van der Waals surface area (Å²) >= 11 is 3.42. The van der Waals surface area contributed by atoms with Gasteiger partial charge in [0.2, 0.25) is 0 Å². The fourth-order valence-corrected chi connectivity index (χ4v) is 1.68. The smallest absolute Gasteiger partial charge is 0.190 e. The normalized spacial score (nSPS) is 10.3. The zero-order valence-corrected chi connectivity index (χ0v) is 9.61. The van der Waals surface area contributed by atoms with Gasteiger partial charge in [0.1, 0.15) is 11.4 Å². The predicted molar refractivity (Wildman–Crippen MR) is 60.6 cm³/mol. The largest absolute Gasteiger partial charge is 0.497 e. The lowest BCUT2D eigenvalue weighted by molar-refractivity contribution is 0.413. The third kappa shape index (κ3) is 1.83. The van der Waals surface area contributed by atoms with Crippen LogP contribution in [-0.4, -0.2) is 12.3 Å². The van der Waals surface area contributed by atoms with Crippen LogP contribution >= 0.6 is 15.9 Å². The van der Waals surface area contributed by atoms with Crippen molar-refractivity contribution in [1.29, 1.82) is 0 Å². The minimum atomic E-state index is 0.504. The molecule has 0 aliphatic heterocycles. The minimum absolute atomic E-state index is 0.504. The van der Waals surface area contributed by atoms with Crippen LogP contribution in [0.1, 0.15) is 0 Å². The van der Waals surface area contributed by atoms with Crippen molar-refractivity contribution in [2.24, 2.45) is 0 Å². The second kappa shape index (κ2) is 3.94. The van der Waals surface area contributed by atoms with Gasteiger partial charge in [-0.3, -0.25) is 0 Å². The molecule has 1 aromatic heterocycles. The van der Waals surface area contributed by atoms with E-state index in [1.54, 1.807) is 7.11 Å². The molecule has 0 spiro atoms. The molecule has 78 valence electrons. The van der Waals surface area contributed by atoms with Gasteiger partial charge in [-0.1, -0.05) is 21.1 Å². The van der Waals surface area contributed by atoms with Gasteiger partial charge in [0.15, 0.2) is 5.76 Å². The van der Waals surface area contributed by atoms with E-state index in [2.05, 4.69) is 21.1 Å². The molecule has 0 atom stereocenters. The first-order valence-corrected chi connectivity index (χ1v) is 5.05. The van der Waals surface area contributed by atoms with Gasteiger partial charge < -0.3 is 15.0 Å². The first-order valence-electron chi connectivity index (χ1n) is 4.26. The molecule has 0 aliphatic rings. The summed E-state index contributed by atoms with van der Waals surface area (Å²) in [6.45, 7) is 0. The molecule has 0 saturated carbocycles. The third-order valence-corrected chi connectivity index (χ3v) is 2.71. The summed E-state index contributed by atoms with van der Waals surface area (Å²) in [5.74, 6) is 1.28. The molecule has 0 unspecified atom stereocenters. The Balaban J connectivity index is 2.56. The topological polar surface area (TPSA) is 61.3 Å². The minimum Gasteiger partial charge on any atom is -0.497 e. The lowest BCUT2D eigenvalue weighted by Gasteiger charge is -2.04. The van der Waals surface area contributed by atoms with Crippen molar-refractivity contribution in [3.05, 3.63) is 28.9 Å². The van der Waals surface area contributed by atoms with E-state index in [1.807, 2.05) is 18.2 Å². The molecule has 0 aliphatic carbocycles. The summed E-state index contributed by atoms with van der Waals surface area (Å²) in [5.41, 5.74) is 7.04. The molecule has 2 rings (SSSR count). The fourth-order valence-electron chi connectivity index (χ4n) is 1.26. The zero-order chi connectivity index (χ0) is 10.8. The Hall–Kier alpha value is -1.49. The molecular formula is C10H9BrN2O2. The molecule has 0 fully saturated rings. The number of hydrogen-bond donors (Lipinski definition) is 1. The lowest BCUT2D eigenvalue weighted by atomic mass is 10.1. The molecule has 1 aromatic carbocycles. The average Bonchev–Trinajstić information content (AvgIpc) is 2.65. The number of ether oxygens (including phenoxy) is 1. The Bertz CT molecular complexity index is 482. The second-order valence-electron chi connectivity index (χ2n) is 2.96. The second-order valence-corrected chi connectivity index (χ2v) is 3.81. The van der Waals surface area contributed by atoms with Crippen molar-refractivity contribution in [2.45, 2.75) is 0 Å². The highest BCUT2D eigenvalue weighted by atomic mass is 79.9. The SMILES string of the molecule is COc1ccc(Br)c(-c2oncc2N)c1. The quantitative estimate of drug-likeness (QED) is 0.910. The summed E-state index contributed by atoms with van der Waals surface area (Å²) in [7, 11) is 1.61. The first-order chi connectivity index (χ1) is 7.22. The third-order valence-electron chi connectivity index (χ3n) is 2.02. The van der Waals surface area contributed by atoms with Crippen LogP contribution in [0.15, 0.2) is 33.4 Å². The molecule has 0 amide bonds. The lowest BCUT2D eigenvalue weighted by Crippen LogP contribution is -1.88. The first kappa shape index (κ1) is 10.0. The predicted octanol–water partition coefficient (Wildman–Crippen LogP) is 2.69. The van der Waals surface area contributed by atoms with E-state index in [1.165, 1.54) is 6.20 Å². The number of nitrogens with two attached hydrogens (primary N) is 1. The van der Waals surface area contributed by atoms with Crippen LogP contribution in [0.4, 0.5) is 5.69 Å². The van der Waals surface area contributed by atoms with E-state index in [0.717, 1.165) is 15.8 Å². The molecular weight excluding hydrogens is 260 g/mol. The Kier molecular flexibility index (Phi) is 2.64. The van der Waals surface area contributed by atoms with E-state index in [4.69, 9.17) is 15.0 Å². The monoisotopic (exact) mass is 268 g/mol. The molecule has 4 nitrogen and oxygen atoms in total. The van der Waals surface area contributed by atoms with E-state index in [0.29, 0.717) is 11.4 Å². The fraction of sp³-hybridized carbons (Fsp3) is 0.100. The maximum atomic E-state index is 5.72. The van der Waals surface area contributed by atoms with Gasteiger partial charge in [0.25, 0.3) is 0 Å². The molecule has 1 heterocycles. The van der Waals surface area contributed by atoms with E-state index in [9.17, 15) is 0 Å². The van der Waals surface area contributed by atoms with Crippen LogP contribution in [-0.2, 0) is 0 Å². The molecule has 0 radical (unpaired) electrons. The highest BCUT2D eigenvalue weighted by molar-refractivity contribution is 9.10. The van der Waals surface area contributed by atoms with Gasteiger partial charge >= 0.3 is 0 Å². The molecule has 0 saturated heterocycles. The van der Waals surface area contributed by atoms with Crippen molar-refractivity contribution in [1.82, 2.24) is 5.16 Å². The summed E-state index contributed by atoms with van der Waals surface area (Å²) in [5, 5.41) is 3.63. The summed E-state index contributed by atoms with van der Waals surface area (Å²) in [6, 6.07) is 5.55. The van der Waals surface area contributed by atoms with Crippen LogP contribution in [0, 0.1) is 0 Å². The molecule has 0 bridgehead atoms. The van der Waals surface area contributed by atoms with Gasteiger partial charge in [0, 0.05) is 10.0 Å². The van der Waals surface area contributed by atoms with Crippen LogP contribution in [0.25, 0.3) is 11.3 Å². The number of nitrogen functional groups attached to an aromatic ring is 1. The summed E-state index contributed by atoms with van der Waals surface area (Å²) in [6.07, 6.45) is 1.47. The number of benzene rings is 1. The summed E-state index contributed by atoms with van der Waals surface area (Å²) in [4.78, 5) is 0. The number of nitrogens with zero attached hydrogens (tertiary/aromatic N) is 1. The van der Waals surface area contributed by atoms with Gasteiger partial charge in [-0.2, -0.15) is 0 Å². The Morgan fingerprint density at radius 2 is 2.27 bits per heavy atom. The standard InChI is InChI=1S/C10H9BrN2O2/c1-14-6-2-3-8(11)7(4-6)10-9(12)5-13-15-10/h2-5H,12H2,1H3. The maximum absolute atomic E-state index is 5.72. The van der Waals surface area contributed by atoms with E-state index >= 15 is 0 Å². The van der Waals surface area contributed by atoms with Crippen LogP contribution in [0.5, 0.6) is 5.75 Å². The summed E-state index contributed by atoms with van der Waals surface area (Å²) < 4.78 is 11.1. The average molecular weight is 269 g/mol. The Morgan fingerprint density at radius 3 is 2.87 bits per heavy atom. The van der Waals surface area contributed by atoms with Crippen LogP contribution in [0.3, 0.4) is 0 Å². The number of aromatic nitrogens is 1. The maximum Gasteiger partial charge on any atom is 0.190 e. The van der Waals surface area contributed by atoms with Gasteiger partial charge in [0.05, 0.1) is 13.3 Å². The number of anilines is 1. The Labute approximate surface area is 95.1 Å². The molecule has 2 aromatic rings. The van der Waals surface area contributed by atoms with Gasteiger partial charge in [-0.05, 0) is 18.2 Å². The van der Waals surface area contributed by atoms with Crippen molar-refractivity contribution in [2.75, 3.05) is 12.8 Å². The Morgan fingerprint density at radius 1 is 1.47 bits per heavy atom. The van der Waals surface area contributed by atoms with Crippen LogP contribution in [0.2, 0.25) is 0 Å².